The van der Waals surface area contributed by atoms with Gasteiger partial charge >= 0.3 is 0 Å². The molecule has 2 aromatic rings. The average molecular weight is 289 g/mol. The van der Waals surface area contributed by atoms with Crippen LogP contribution in [0.4, 0.5) is 8.78 Å². The maximum Gasteiger partial charge on any atom is 0.162 e. The van der Waals surface area contributed by atoms with Crippen LogP contribution in [0, 0.1) is 25.5 Å². The fourth-order valence-corrected chi connectivity index (χ4v) is 2.67. The van der Waals surface area contributed by atoms with Gasteiger partial charge in [0.05, 0.1) is 0 Å². The first-order chi connectivity index (χ1) is 10.0. The van der Waals surface area contributed by atoms with E-state index in [-0.39, 0.29) is 6.04 Å². The lowest BCUT2D eigenvalue weighted by Gasteiger charge is -2.19. The van der Waals surface area contributed by atoms with E-state index in [0.29, 0.717) is 12.0 Å². The van der Waals surface area contributed by atoms with Crippen LogP contribution >= 0.6 is 0 Å². The monoisotopic (exact) mass is 289 g/mol. The molecule has 2 aromatic carbocycles. The van der Waals surface area contributed by atoms with Gasteiger partial charge in [-0.2, -0.15) is 0 Å². The van der Waals surface area contributed by atoms with Crippen LogP contribution in [0.2, 0.25) is 0 Å². The van der Waals surface area contributed by atoms with Crippen molar-refractivity contribution in [3.05, 3.63) is 70.3 Å². The Morgan fingerprint density at radius 1 is 0.952 bits per heavy atom. The molecule has 0 bridgehead atoms. The second-order valence-corrected chi connectivity index (χ2v) is 5.48. The SMILES string of the molecule is CNC(Cc1cccc(F)c1F)Cc1c(C)cccc1C. The van der Waals surface area contributed by atoms with E-state index in [2.05, 4.69) is 31.3 Å². The van der Waals surface area contributed by atoms with Gasteiger partial charge in [-0.15, -0.1) is 0 Å². The zero-order valence-corrected chi connectivity index (χ0v) is 12.7. The van der Waals surface area contributed by atoms with E-state index in [1.807, 2.05) is 13.1 Å². The molecule has 0 aliphatic heterocycles. The van der Waals surface area contributed by atoms with Crippen LogP contribution in [0.15, 0.2) is 36.4 Å². The minimum absolute atomic E-state index is 0.0705. The van der Waals surface area contributed by atoms with E-state index in [1.54, 1.807) is 12.1 Å². The van der Waals surface area contributed by atoms with Crippen molar-refractivity contribution in [1.29, 1.82) is 0 Å². The second kappa shape index (κ2) is 6.81. The molecule has 0 aliphatic rings. The van der Waals surface area contributed by atoms with Crippen molar-refractivity contribution in [2.75, 3.05) is 7.05 Å². The average Bonchev–Trinajstić information content (AvgIpc) is 2.46. The van der Waals surface area contributed by atoms with Gasteiger partial charge in [-0.05, 0) is 62.1 Å². The summed E-state index contributed by atoms with van der Waals surface area (Å²) in [5.41, 5.74) is 4.15. The van der Waals surface area contributed by atoms with Gasteiger partial charge in [0, 0.05) is 6.04 Å². The topological polar surface area (TPSA) is 12.0 Å². The highest BCUT2D eigenvalue weighted by atomic mass is 19.2. The Morgan fingerprint density at radius 3 is 2.19 bits per heavy atom. The number of hydrogen-bond donors (Lipinski definition) is 1. The maximum absolute atomic E-state index is 13.8. The Morgan fingerprint density at radius 2 is 1.57 bits per heavy atom. The predicted octanol–water partition coefficient (Wildman–Crippen LogP) is 3.95. The minimum Gasteiger partial charge on any atom is -0.316 e. The molecule has 0 amide bonds. The molecular formula is C18H21F2N. The molecule has 0 radical (unpaired) electrons. The van der Waals surface area contributed by atoms with Crippen molar-refractivity contribution < 1.29 is 8.78 Å². The number of hydrogen-bond acceptors (Lipinski definition) is 1. The normalized spacial score (nSPS) is 12.4. The molecule has 0 aliphatic carbocycles. The van der Waals surface area contributed by atoms with E-state index >= 15 is 0 Å². The summed E-state index contributed by atoms with van der Waals surface area (Å²) >= 11 is 0. The van der Waals surface area contributed by atoms with Crippen molar-refractivity contribution in [3.8, 4) is 0 Å². The van der Waals surface area contributed by atoms with Gasteiger partial charge in [0.25, 0.3) is 0 Å². The molecule has 21 heavy (non-hydrogen) atoms. The fourth-order valence-electron chi connectivity index (χ4n) is 2.67. The Hall–Kier alpha value is -1.74. The molecule has 0 saturated carbocycles. The molecule has 0 heterocycles. The molecule has 1 atom stereocenters. The summed E-state index contributed by atoms with van der Waals surface area (Å²) in [7, 11) is 1.86. The highest BCUT2D eigenvalue weighted by Crippen LogP contribution is 2.19. The van der Waals surface area contributed by atoms with Crippen molar-refractivity contribution >= 4 is 0 Å². The summed E-state index contributed by atoms with van der Waals surface area (Å²) in [6.45, 7) is 4.16. The highest BCUT2D eigenvalue weighted by Gasteiger charge is 2.15. The van der Waals surface area contributed by atoms with Crippen molar-refractivity contribution in [2.24, 2.45) is 0 Å². The van der Waals surface area contributed by atoms with E-state index in [0.717, 1.165) is 12.5 Å². The van der Waals surface area contributed by atoms with Crippen molar-refractivity contribution in [3.63, 3.8) is 0 Å². The maximum atomic E-state index is 13.8. The lowest BCUT2D eigenvalue weighted by atomic mass is 9.93. The largest absolute Gasteiger partial charge is 0.316 e. The Labute approximate surface area is 125 Å². The summed E-state index contributed by atoms with van der Waals surface area (Å²) in [4.78, 5) is 0. The van der Waals surface area contributed by atoms with Crippen LogP contribution in [0.1, 0.15) is 22.3 Å². The zero-order chi connectivity index (χ0) is 15.4. The summed E-state index contributed by atoms with van der Waals surface area (Å²) < 4.78 is 27.1. The summed E-state index contributed by atoms with van der Waals surface area (Å²) in [6.07, 6.45) is 1.26. The molecule has 2 rings (SSSR count). The Balaban J connectivity index is 2.19. The fraction of sp³-hybridized carbons (Fsp3) is 0.333. The third kappa shape index (κ3) is 3.67. The molecule has 0 spiro atoms. The van der Waals surface area contributed by atoms with Crippen LogP contribution in [0.25, 0.3) is 0 Å². The smallest absolute Gasteiger partial charge is 0.162 e. The van der Waals surface area contributed by atoms with Crippen LogP contribution in [-0.4, -0.2) is 13.1 Å². The van der Waals surface area contributed by atoms with E-state index in [1.165, 1.54) is 16.7 Å². The van der Waals surface area contributed by atoms with Crippen LogP contribution in [0.3, 0.4) is 0 Å². The molecule has 3 heteroatoms. The Bertz CT molecular complexity index is 602. The number of halogens is 2. The van der Waals surface area contributed by atoms with E-state index < -0.39 is 11.6 Å². The molecule has 0 aromatic heterocycles. The number of likely N-dealkylation sites (N-methyl/N-ethyl adjacent to an activating group) is 1. The second-order valence-electron chi connectivity index (χ2n) is 5.48. The van der Waals surface area contributed by atoms with Crippen LogP contribution in [0.5, 0.6) is 0 Å². The van der Waals surface area contributed by atoms with Crippen molar-refractivity contribution in [1.82, 2.24) is 5.32 Å². The quantitative estimate of drug-likeness (QED) is 0.878. The van der Waals surface area contributed by atoms with E-state index in [4.69, 9.17) is 0 Å². The molecule has 0 saturated heterocycles. The summed E-state index contributed by atoms with van der Waals surface area (Å²) in [5.74, 6) is -1.52. The van der Waals surface area contributed by atoms with Gasteiger partial charge in [-0.1, -0.05) is 30.3 Å². The molecule has 1 unspecified atom stereocenters. The number of nitrogens with one attached hydrogen (secondary N) is 1. The predicted molar refractivity (Wildman–Crippen MR) is 82.5 cm³/mol. The summed E-state index contributed by atoms with van der Waals surface area (Å²) in [6, 6.07) is 10.6. The van der Waals surface area contributed by atoms with Gasteiger partial charge in [-0.3, -0.25) is 0 Å². The van der Waals surface area contributed by atoms with Gasteiger partial charge in [-0.25, -0.2) is 8.78 Å². The van der Waals surface area contributed by atoms with Crippen LogP contribution < -0.4 is 5.32 Å². The number of rotatable bonds is 5. The van der Waals surface area contributed by atoms with Gasteiger partial charge in [0.15, 0.2) is 11.6 Å². The third-order valence-electron chi connectivity index (χ3n) is 4.00. The van der Waals surface area contributed by atoms with Crippen molar-refractivity contribution in [2.45, 2.75) is 32.7 Å². The molecule has 1 N–H and O–H groups in total. The van der Waals surface area contributed by atoms with Gasteiger partial charge in [0.2, 0.25) is 0 Å². The minimum atomic E-state index is -0.783. The first-order valence-electron chi connectivity index (χ1n) is 7.18. The third-order valence-corrected chi connectivity index (χ3v) is 4.00. The molecule has 1 nitrogen and oxygen atoms in total. The Kier molecular flexibility index (Phi) is 5.07. The lowest BCUT2D eigenvalue weighted by molar-refractivity contribution is 0.482. The first kappa shape index (κ1) is 15.6. The highest BCUT2D eigenvalue weighted by molar-refractivity contribution is 5.34. The van der Waals surface area contributed by atoms with Gasteiger partial charge in [0.1, 0.15) is 0 Å². The number of aryl methyl sites for hydroxylation is 2. The summed E-state index contributed by atoms with van der Waals surface area (Å²) in [5, 5.41) is 3.21. The van der Waals surface area contributed by atoms with Gasteiger partial charge < -0.3 is 5.32 Å². The molecule has 0 fully saturated rings. The molecular weight excluding hydrogens is 268 g/mol. The zero-order valence-electron chi connectivity index (χ0n) is 12.7. The number of benzene rings is 2. The standard InChI is InChI=1S/C18H21F2N/c1-12-6-4-7-13(2)16(12)11-15(21-3)10-14-8-5-9-17(19)18(14)20/h4-9,15,21H,10-11H2,1-3H3. The molecule has 112 valence electrons. The lowest BCUT2D eigenvalue weighted by Crippen LogP contribution is -2.31. The van der Waals surface area contributed by atoms with E-state index in [9.17, 15) is 8.78 Å². The van der Waals surface area contributed by atoms with Crippen LogP contribution in [-0.2, 0) is 12.8 Å². The first-order valence-corrected chi connectivity index (χ1v) is 7.18.